The molecule has 0 amide bonds. The Hall–Kier alpha value is -0.860. The third kappa shape index (κ3) is 2.64. The van der Waals surface area contributed by atoms with E-state index in [2.05, 4.69) is 34.1 Å². The first-order valence-electron chi connectivity index (χ1n) is 9.00. The molecule has 4 rings (SSSR count). The Morgan fingerprint density at radius 3 is 1.48 bits per heavy atom. The van der Waals surface area contributed by atoms with Crippen molar-refractivity contribution in [3.8, 4) is 0 Å². The molecule has 0 spiro atoms. The van der Waals surface area contributed by atoms with Gasteiger partial charge in [0.1, 0.15) is 0 Å². The molecule has 1 aromatic carbocycles. The highest BCUT2D eigenvalue weighted by Gasteiger charge is 2.37. The molecule has 1 aliphatic carbocycles. The summed E-state index contributed by atoms with van der Waals surface area (Å²) in [6.07, 6.45) is 9.78. The van der Waals surface area contributed by atoms with Crippen LogP contribution in [0.5, 0.6) is 0 Å². The van der Waals surface area contributed by atoms with Gasteiger partial charge in [0, 0.05) is 12.1 Å². The second-order valence-electron chi connectivity index (χ2n) is 7.09. The summed E-state index contributed by atoms with van der Waals surface area (Å²) >= 11 is 0. The molecule has 0 radical (unpaired) electrons. The number of fused-ring (bicyclic) bond motifs is 1. The topological polar surface area (TPSA) is 6.48 Å². The van der Waals surface area contributed by atoms with E-state index in [4.69, 9.17) is 0 Å². The molecule has 2 heterocycles. The summed E-state index contributed by atoms with van der Waals surface area (Å²) in [5, 5.41) is 0. The van der Waals surface area contributed by atoms with Crippen molar-refractivity contribution in [3.63, 3.8) is 0 Å². The zero-order chi connectivity index (χ0) is 14.1. The molecule has 2 nitrogen and oxygen atoms in total. The van der Waals surface area contributed by atoms with Gasteiger partial charge in [-0.25, -0.2) is 0 Å². The molecule has 2 aliphatic heterocycles. The number of nitrogens with zero attached hydrogens (tertiary/aromatic N) is 2. The van der Waals surface area contributed by atoms with Crippen LogP contribution in [0.15, 0.2) is 24.3 Å². The van der Waals surface area contributed by atoms with Gasteiger partial charge in [0.05, 0.1) is 0 Å². The van der Waals surface area contributed by atoms with Crippen LogP contribution in [-0.2, 0) is 0 Å². The molecule has 2 saturated heterocycles. The number of piperidine rings is 2. The fourth-order valence-electron chi connectivity index (χ4n) is 4.73. The summed E-state index contributed by atoms with van der Waals surface area (Å²) < 4.78 is 0. The first-order chi connectivity index (χ1) is 10.4. The Morgan fingerprint density at radius 1 is 0.619 bits per heavy atom. The van der Waals surface area contributed by atoms with E-state index < -0.39 is 0 Å². The largest absolute Gasteiger partial charge is 0.296 e. The molecule has 2 atom stereocenters. The van der Waals surface area contributed by atoms with Crippen LogP contribution in [0.1, 0.15) is 68.2 Å². The van der Waals surface area contributed by atoms with Crippen molar-refractivity contribution in [2.45, 2.75) is 57.0 Å². The van der Waals surface area contributed by atoms with Gasteiger partial charge in [-0.2, -0.15) is 0 Å². The maximum absolute atomic E-state index is 2.77. The smallest absolute Gasteiger partial charge is 0.0369 e. The second kappa shape index (κ2) is 6.10. The van der Waals surface area contributed by atoms with Crippen LogP contribution >= 0.6 is 0 Å². The highest BCUT2D eigenvalue weighted by molar-refractivity contribution is 5.38. The quantitative estimate of drug-likeness (QED) is 0.805. The molecular formula is C19H28N2. The molecule has 21 heavy (non-hydrogen) atoms. The Kier molecular flexibility index (Phi) is 4.00. The fraction of sp³-hybridized carbons (Fsp3) is 0.684. The number of hydrogen-bond donors (Lipinski definition) is 0. The van der Waals surface area contributed by atoms with Crippen molar-refractivity contribution < 1.29 is 0 Å². The van der Waals surface area contributed by atoms with Crippen molar-refractivity contribution in [3.05, 3.63) is 35.4 Å². The van der Waals surface area contributed by atoms with E-state index in [0.29, 0.717) is 12.1 Å². The van der Waals surface area contributed by atoms with Gasteiger partial charge >= 0.3 is 0 Å². The zero-order valence-corrected chi connectivity index (χ0v) is 13.1. The van der Waals surface area contributed by atoms with E-state index in [1.54, 1.807) is 11.1 Å². The molecule has 2 fully saturated rings. The normalized spacial score (nSPS) is 31.2. The average Bonchev–Trinajstić information content (AvgIpc) is 2.96. The minimum absolute atomic E-state index is 0.688. The van der Waals surface area contributed by atoms with Crippen molar-refractivity contribution in [1.82, 2.24) is 9.80 Å². The zero-order valence-electron chi connectivity index (χ0n) is 13.1. The molecule has 2 unspecified atom stereocenters. The van der Waals surface area contributed by atoms with E-state index in [1.165, 1.54) is 71.1 Å². The van der Waals surface area contributed by atoms with E-state index in [-0.39, 0.29) is 0 Å². The summed E-state index contributed by atoms with van der Waals surface area (Å²) in [5.41, 5.74) is 3.27. The summed E-state index contributed by atoms with van der Waals surface area (Å²) in [5.74, 6) is 0. The van der Waals surface area contributed by atoms with E-state index >= 15 is 0 Å². The molecular weight excluding hydrogens is 256 g/mol. The standard InChI is InChI=1S/C19H28N2/c1-5-11-20(12-6-1)18-15-19(21-13-7-2-8-14-21)17-10-4-3-9-16(17)18/h3-4,9-10,18-19H,1-2,5-8,11-15H2. The first-order valence-corrected chi connectivity index (χ1v) is 9.00. The molecule has 114 valence electrons. The lowest BCUT2D eigenvalue weighted by Gasteiger charge is -2.35. The molecule has 2 heteroatoms. The van der Waals surface area contributed by atoms with Crippen LogP contribution in [0.2, 0.25) is 0 Å². The van der Waals surface area contributed by atoms with Crippen LogP contribution in [0, 0.1) is 0 Å². The van der Waals surface area contributed by atoms with Crippen molar-refractivity contribution in [2.24, 2.45) is 0 Å². The molecule has 0 N–H and O–H groups in total. The number of benzene rings is 1. The molecule has 3 aliphatic rings. The van der Waals surface area contributed by atoms with E-state index in [1.807, 2.05) is 0 Å². The maximum Gasteiger partial charge on any atom is 0.0369 e. The number of likely N-dealkylation sites (tertiary alicyclic amines) is 2. The van der Waals surface area contributed by atoms with Crippen molar-refractivity contribution in [2.75, 3.05) is 26.2 Å². The Bertz CT molecular complexity index is 429. The van der Waals surface area contributed by atoms with Gasteiger partial charge in [0.15, 0.2) is 0 Å². The minimum atomic E-state index is 0.688. The van der Waals surface area contributed by atoms with Crippen LogP contribution in [0.25, 0.3) is 0 Å². The van der Waals surface area contributed by atoms with Gasteiger partial charge < -0.3 is 0 Å². The molecule has 0 bridgehead atoms. The summed E-state index contributed by atoms with van der Waals surface area (Å²) in [4.78, 5) is 5.54. The van der Waals surface area contributed by atoms with Crippen molar-refractivity contribution >= 4 is 0 Å². The molecule has 1 aromatic rings. The lowest BCUT2D eigenvalue weighted by molar-refractivity contribution is 0.114. The van der Waals surface area contributed by atoms with Crippen molar-refractivity contribution in [1.29, 1.82) is 0 Å². The highest BCUT2D eigenvalue weighted by atomic mass is 15.2. The predicted octanol–water partition coefficient (Wildman–Crippen LogP) is 4.14. The molecule has 0 aromatic heterocycles. The maximum atomic E-state index is 2.77. The van der Waals surface area contributed by atoms with Gasteiger partial charge in [-0.1, -0.05) is 37.1 Å². The number of rotatable bonds is 2. The Balaban J connectivity index is 1.59. The van der Waals surface area contributed by atoms with Gasteiger partial charge in [0.25, 0.3) is 0 Å². The van der Waals surface area contributed by atoms with Gasteiger partial charge in [0.2, 0.25) is 0 Å². The van der Waals surface area contributed by atoms with Gasteiger partial charge in [-0.3, -0.25) is 9.80 Å². The Morgan fingerprint density at radius 2 is 1.05 bits per heavy atom. The van der Waals surface area contributed by atoms with Crippen LogP contribution < -0.4 is 0 Å². The SMILES string of the molecule is c1ccc2c(c1)C(N1CCCCC1)CC2N1CCCCC1. The third-order valence-electron chi connectivity index (χ3n) is 5.82. The summed E-state index contributed by atoms with van der Waals surface area (Å²) in [7, 11) is 0. The monoisotopic (exact) mass is 284 g/mol. The van der Waals surface area contributed by atoms with E-state index in [0.717, 1.165) is 0 Å². The highest BCUT2D eigenvalue weighted by Crippen LogP contribution is 2.46. The van der Waals surface area contributed by atoms with Crippen LogP contribution in [-0.4, -0.2) is 36.0 Å². The average molecular weight is 284 g/mol. The molecule has 0 saturated carbocycles. The number of hydrogen-bond acceptors (Lipinski definition) is 2. The lowest BCUT2D eigenvalue weighted by atomic mass is 10.0. The summed E-state index contributed by atoms with van der Waals surface area (Å²) in [6, 6.07) is 10.7. The lowest BCUT2D eigenvalue weighted by Crippen LogP contribution is -2.35. The first kappa shape index (κ1) is 13.8. The predicted molar refractivity (Wildman–Crippen MR) is 87.4 cm³/mol. The Labute approximate surface area is 129 Å². The van der Waals surface area contributed by atoms with Gasteiger partial charge in [-0.05, 0) is 69.4 Å². The fourth-order valence-corrected chi connectivity index (χ4v) is 4.73. The van der Waals surface area contributed by atoms with Crippen LogP contribution in [0.4, 0.5) is 0 Å². The van der Waals surface area contributed by atoms with Gasteiger partial charge in [-0.15, -0.1) is 0 Å². The van der Waals surface area contributed by atoms with E-state index in [9.17, 15) is 0 Å². The van der Waals surface area contributed by atoms with Crippen LogP contribution in [0.3, 0.4) is 0 Å². The second-order valence-corrected chi connectivity index (χ2v) is 7.09. The summed E-state index contributed by atoms with van der Waals surface area (Å²) in [6.45, 7) is 5.24. The third-order valence-corrected chi connectivity index (χ3v) is 5.82. The minimum Gasteiger partial charge on any atom is -0.296 e.